The van der Waals surface area contributed by atoms with Crippen molar-refractivity contribution in [2.24, 2.45) is 0 Å². The number of nitrogens with one attached hydrogen (secondary N) is 1. The minimum Gasteiger partial charge on any atom is -0.307 e. The average Bonchev–Trinajstić information content (AvgIpc) is 2.68. The zero-order chi connectivity index (χ0) is 22.1. The molecular formula is C20H16F3N3O3S. The second-order valence-corrected chi connectivity index (χ2v) is 8.44. The second kappa shape index (κ2) is 7.86. The fraction of sp³-hybridized carbons (Fsp3) is 0.150. The van der Waals surface area contributed by atoms with E-state index in [1.54, 1.807) is 26.1 Å². The second-order valence-electron chi connectivity index (χ2n) is 6.50. The lowest BCUT2D eigenvalue weighted by atomic mass is 10.0. The van der Waals surface area contributed by atoms with Gasteiger partial charge in [-0.2, -0.15) is 13.2 Å². The van der Waals surface area contributed by atoms with Crippen LogP contribution in [0.25, 0.3) is 11.1 Å². The van der Waals surface area contributed by atoms with Gasteiger partial charge in [0.2, 0.25) is 0 Å². The number of halogens is 3. The van der Waals surface area contributed by atoms with Crippen LogP contribution in [0.2, 0.25) is 0 Å². The van der Waals surface area contributed by atoms with Crippen LogP contribution in [0.3, 0.4) is 0 Å². The molecule has 0 aliphatic rings. The van der Waals surface area contributed by atoms with Gasteiger partial charge in [-0.15, -0.1) is 0 Å². The van der Waals surface area contributed by atoms with Gasteiger partial charge in [-0.05, 0) is 60.9 Å². The van der Waals surface area contributed by atoms with E-state index in [1.807, 2.05) is 0 Å². The molecule has 0 spiro atoms. The Hall–Kier alpha value is -3.27. The van der Waals surface area contributed by atoms with Crippen LogP contribution in [0, 0.1) is 13.8 Å². The summed E-state index contributed by atoms with van der Waals surface area (Å²) in [4.78, 5) is 19.5. The van der Waals surface area contributed by atoms with Gasteiger partial charge in [0.25, 0.3) is 15.7 Å². The summed E-state index contributed by atoms with van der Waals surface area (Å²) in [6.45, 7) is 3.40. The van der Waals surface area contributed by atoms with Crippen molar-refractivity contribution in [1.82, 2.24) is 9.97 Å². The molecule has 0 atom stereocenters. The van der Waals surface area contributed by atoms with E-state index in [2.05, 4.69) is 15.3 Å². The first-order valence-electron chi connectivity index (χ1n) is 8.61. The molecule has 2 heterocycles. The number of benzene rings is 1. The van der Waals surface area contributed by atoms with E-state index in [4.69, 9.17) is 0 Å². The number of hydrogen-bond donors (Lipinski definition) is 1. The first kappa shape index (κ1) is 21.4. The SMILES string of the molecule is Cc1ccncc1C(=O)Nc1ccc(-c2cc(S(=O)(=O)C(F)(F)F)ccc2C)cn1. The van der Waals surface area contributed by atoms with E-state index in [0.717, 1.165) is 17.7 Å². The number of anilines is 1. The molecule has 3 rings (SSSR count). The van der Waals surface area contributed by atoms with E-state index in [0.29, 0.717) is 16.7 Å². The number of nitrogens with zero attached hydrogens (tertiary/aromatic N) is 2. The molecule has 0 aliphatic carbocycles. The summed E-state index contributed by atoms with van der Waals surface area (Å²) in [5.74, 6) is -0.181. The van der Waals surface area contributed by atoms with Crippen molar-refractivity contribution in [2.75, 3.05) is 5.32 Å². The fourth-order valence-corrected chi connectivity index (χ4v) is 3.51. The number of sulfone groups is 1. The molecule has 0 fully saturated rings. The lowest BCUT2D eigenvalue weighted by Crippen LogP contribution is -2.23. The van der Waals surface area contributed by atoms with Crippen molar-refractivity contribution >= 4 is 21.6 Å². The van der Waals surface area contributed by atoms with Crippen LogP contribution >= 0.6 is 0 Å². The zero-order valence-electron chi connectivity index (χ0n) is 15.9. The van der Waals surface area contributed by atoms with Gasteiger partial charge in [-0.3, -0.25) is 9.78 Å². The maximum absolute atomic E-state index is 12.9. The summed E-state index contributed by atoms with van der Waals surface area (Å²) in [6, 6.07) is 7.88. The quantitative estimate of drug-likeness (QED) is 0.660. The lowest BCUT2D eigenvalue weighted by molar-refractivity contribution is -0.0436. The van der Waals surface area contributed by atoms with E-state index in [9.17, 15) is 26.4 Å². The van der Waals surface area contributed by atoms with Gasteiger partial charge in [0, 0.05) is 24.2 Å². The zero-order valence-corrected chi connectivity index (χ0v) is 16.7. The first-order chi connectivity index (χ1) is 14.0. The Balaban J connectivity index is 1.89. The Labute approximate surface area is 170 Å². The molecule has 6 nitrogen and oxygen atoms in total. The maximum Gasteiger partial charge on any atom is 0.501 e. The van der Waals surface area contributed by atoms with Gasteiger partial charge in [0.1, 0.15) is 5.82 Å². The fourth-order valence-electron chi connectivity index (χ4n) is 2.73. The molecule has 0 saturated carbocycles. The Bertz CT molecular complexity index is 1210. The molecule has 2 aromatic heterocycles. The Morgan fingerprint density at radius 1 is 1.00 bits per heavy atom. The summed E-state index contributed by atoms with van der Waals surface area (Å²) in [5, 5.41) is 2.61. The number of carbonyl (C=O) groups is 1. The number of alkyl halides is 3. The van der Waals surface area contributed by atoms with Gasteiger partial charge in [-0.1, -0.05) is 6.07 Å². The number of pyridine rings is 2. The third kappa shape index (κ3) is 4.18. The minimum atomic E-state index is -5.47. The topological polar surface area (TPSA) is 89.0 Å². The predicted octanol–water partition coefficient (Wildman–Crippen LogP) is 4.31. The highest BCUT2D eigenvalue weighted by atomic mass is 32.2. The lowest BCUT2D eigenvalue weighted by Gasteiger charge is -2.12. The van der Waals surface area contributed by atoms with Crippen LogP contribution < -0.4 is 5.32 Å². The molecule has 1 amide bonds. The molecule has 3 aromatic rings. The molecule has 0 radical (unpaired) electrons. The maximum atomic E-state index is 12.9. The summed E-state index contributed by atoms with van der Waals surface area (Å²) in [7, 11) is -5.47. The minimum absolute atomic E-state index is 0.226. The summed E-state index contributed by atoms with van der Waals surface area (Å²) in [6.07, 6.45) is 4.33. The van der Waals surface area contributed by atoms with E-state index >= 15 is 0 Å². The van der Waals surface area contributed by atoms with Gasteiger partial charge in [0.15, 0.2) is 0 Å². The summed E-state index contributed by atoms with van der Waals surface area (Å²) >= 11 is 0. The van der Waals surface area contributed by atoms with Crippen molar-refractivity contribution in [3.63, 3.8) is 0 Å². The highest BCUT2D eigenvalue weighted by Crippen LogP contribution is 2.33. The smallest absolute Gasteiger partial charge is 0.307 e. The van der Waals surface area contributed by atoms with Crippen LogP contribution in [0.5, 0.6) is 0 Å². The Morgan fingerprint density at radius 2 is 1.73 bits per heavy atom. The largest absolute Gasteiger partial charge is 0.501 e. The van der Waals surface area contributed by atoms with E-state index < -0.39 is 26.1 Å². The third-order valence-corrected chi connectivity index (χ3v) is 5.91. The molecule has 0 unspecified atom stereocenters. The Morgan fingerprint density at radius 3 is 2.33 bits per heavy atom. The first-order valence-corrected chi connectivity index (χ1v) is 10.1. The molecule has 1 N–H and O–H groups in total. The van der Waals surface area contributed by atoms with Crippen LogP contribution in [0.4, 0.5) is 19.0 Å². The monoisotopic (exact) mass is 435 g/mol. The van der Waals surface area contributed by atoms with Crippen molar-refractivity contribution in [1.29, 1.82) is 0 Å². The van der Waals surface area contributed by atoms with E-state index in [-0.39, 0.29) is 11.4 Å². The number of aryl methyl sites for hydroxylation is 2. The van der Waals surface area contributed by atoms with Crippen molar-refractivity contribution in [3.8, 4) is 11.1 Å². The van der Waals surface area contributed by atoms with Crippen molar-refractivity contribution < 1.29 is 26.4 Å². The standard InChI is InChI=1S/C20H16F3N3O3S/c1-12-3-5-15(30(28,29)20(21,22)23)9-16(12)14-4-6-18(25-10-14)26-19(27)17-11-24-8-7-13(17)2/h3-11H,1-2H3,(H,25,26,27). The molecule has 30 heavy (non-hydrogen) atoms. The molecule has 0 bridgehead atoms. The number of rotatable bonds is 4. The average molecular weight is 435 g/mol. The van der Waals surface area contributed by atoms with Gasteiger partial charge in [-0.25, -0.2) is 13.4 Å². The number of aromatic nitrogens is 2. The summed E-state index contributed by atoms with van der Waals surface area (Å²) in [5.41, 5.74) is -3.02. The number of amides is 1. The normalized spacial score (nSPS) is 11.9. The number of carbonyl (C=O) groups excluding carboxylic acids is 1. The number of hydrogen-bond acceptors (Lipinski definition) is 5. The molecule has 0 aliphatic heterocycles. The molecule has 0 saturated heterocycles. The third-order valence-electron chi connectivity index (χ3n) is 4.42. The molecular weight excluding hydrogens is 419 g/mol. The predicted molar refractivity (Wildman–Crippen MR) is 105 cm³/mol. The van der Waals surface area contributed by atoms with Crippen LogP contribution in [-0.4, -0.2) is 29.8 Å². The van der Waals surface area contributed by atoms with Gasteiger partial charge < -0.3 is 5.32 Å². The van der Waals surface area contributed by atoms with Crippen LogP contribution in [-0.2, 0) is 9.84 Å². The van der Waals surface area contributed by atoms with Gasteiger partial charge in [0.05, 0.1) is 10.5 Å². The van der Waals surface area contributed by atoms with E-state index in [1.165, 1.54) is 30.6 Å². The highest BCUT2D eigenvalue weighted by Gasteiger charge is 2.46. The van der Waals surface area contributed by atoms with Gasteiger partial charge >= 0.3 is 5.51 Å². The molecule has 1 aromatic carbocycles. The molecule has 156 valence electrons. The van der Waals surface area contributed by atoms with Crippen LogP contribution in [0.15, 0.2) is 59.9 Å². The highest BCUT2D eigenvalue weighted by molar-refractivity contribution is 7.92. The van der Waals surface area contributed by atoms with Crippen molar-refractivity contribution in [3.05, 3.63) is 71.7 Å². The Kier molecular flexibility index (Phi) is 5.62. The van der Waals surface area contributed by atoms with Crippen molar-refractivity contribution in [2.45, 2.75) is 24.3 Å². The van der Waals surface area contributed by atoms with Crippen LogP contribution in [0.1, 0.15) is 21.5 Å². The molecule has 10 heteroatoms. The summed E-state index contributed by atoms with van der Waals surface area (Å²) < 4.78 is 61.9.